The van der Waals surface area contributed by atoms with Gasteiger partial charge in [0.15, 0.2) is 0 Å². The number of fused-ring (bicyclic) bond motifs is 2. The molecule has 1 N–H and O–H groups in total. The van der Waals surface area contributed by atoms with Crippen LogP contribution in [0.1, 0.15) is 14.6 Å². The Labute approximate surface area is 139 Å². The number of nitrogens with zero attached hydrogens (tertiary/aromatic N) is 3. The van der Waals surface area contributed by atoms with Crippen molar-refractivity contribution >= 4 is 33.5 Å². The zero-order valence-corrected chi connectivity index (χ0v) is 13.3. The van der Waals surface area contributed by atoms with Crippen LogP contribution in [0, 0.1) is 6.92 Å². The Morgan fingerprint density at radius 3 is 2.86 bits per heavy atom. The number of nitrogens with one attached hydrogen (secondary N) is 1. The molecule has 0 amide bonds. The summed E-state index contributed by atoms with van der Waals surface area (Å²) < 4.78 is 22.8. The Bertz CT molecular complexity index is 820. The Kier molecular flexibility index (Phi) is 2.66. The number of anilines is 2. The van der Waals surface area contributed by atoms with Crippen LogP contribution in [0.15, 0.2) is 35.3 Å². The number of aliphatic imine (C=N–C) groups is 1. The van der Waals surface area contributed by atoms with Gasteiger partial charge in [-0.1, -0.05) is 12.1 Å². The summed E-state index contributed by atoms with van der Waals surface area (Å²) in [5, 5.41) is 4.60. The maximum absolute atomic E-state index is 7.59. The summed E-state index contributed by atoms with van der Waals surface area (Å²) in [6.45, 7) is 2.43. The molecule has 4 nitrogen and oxygen atoms in total. The van der Waals surface area contributed by atoms with Gasteiger partial charge < -0.3 is 15.1 Å². The number of rotatable bonds is 0. The first-order valence-electron chi connectivity index (χ1n) is 8.97. The Morgan fingerprint density at radius 1 is 1.23 bits per heavy atom. The molecular weight excluding hydrogens is 293 g/mol. The third-order valence-corrected chi connectivity index (χ3v) is 5.02. The molecule has 114 valence electrons. The lowest BCUT2D eigenvalue weighted by Crippen LogP contribution is -2.47. The monoisotopic (exact) mass is 316 g/mol. The lowest BCUT2D eigenvalue weighted by atomic mass is 10.2. The van der Waals surface area contributed by atoms with Crippen LogP contribution in [-0.4, -0.2) is 48.8 Å². The molecular formula is C17H20N4S. The fraction of sp³-hybridized carbons (Fsp3) is 0.353. The Morgan fingerprint density at radius 2 is 2.05 bits per heavy atom. The van der Waals surface area contributed by atoms with E-state index >= 15 is 0 Å². The van der Waals surface area contributed by atoms with E-state index in [0.717, 1.165) is 27.8 Å². The largest absolute Gasteiger partial charge is 0.353 e. The summed E-state index contributed by atoms with van der Waals surface area (Å²) in [5.41, 5.74) is 3.01. The molecule has 1 aromatic carbocycles. The van der Waals surface area contributed by atoms with E-state index in [9.17, 15) is 0 Å². The van der Waals surface area contributed by atoms with Gasteiger partial charge in [-0.3, -0.25) is 0 Å². The molecule has 0 unspecified atom stereocenters. The van der Waals surface area contributed by atoms with Gasteiger partial charge in [0, 0.05) is 35.2 Å². The first-order chi connectivity index (χ1) is 11.9. The summed E-state index contributed by atoms with van der Waals surface area (Å²) in [5.74, 6) is 0.932. The molecule has 0 radical (unpaired) electrons. The number of likely N-dealkylation sites (N-methyl/N-ethyl adjacent to an activating group) is 1. The lowest BCUT2D eigenvalue weighted by Gasteiger charge is -2.34. The highest BCUT2D eigenvalue weighted by Crippen LogP contribution is 2.39. The number of amidine groups is 1. The van der Waals surface area contributed by atoms with Crippen molar-refractivity contribution in [3.63, 3.8) is 0 Å². The summed E-state index contributed by atoms with van der Waals surface area (Å²) in [6, 6.07) is 10.2. The first kappa shape index (κ1) is 10.8. The number of hydrogen-bond donors (Lipinski definition) is 1. The second kappa shape index (κ2) is 5.41. The van der Waals surface area contributed by atoms with Gasteiger partial charge in [-0.05, 0) is 32.1 Å². The molecule has 0 bridgehead atoms. The quantitative estimate of drug-likeness (QED) is 0.755. The molecule has 0 saturated carbocycles. The van der Waals surface area contributed by atoms with Crippen LogP contribution in [-0.2, 0) is 0 Å². The van der Waals surface area contributed by atoms with E-state index in [1.807, 2.05) is 24.3 Å². The van der Waals surface area contributed by atoms with E-state index in [1.165, 1.54) is 4.88 Å². The predicted molar refractivity (Wildman–Crippen MR) is 94.0 cm³/mol. The van der Waals surface area contributed by atoms with Gasteiger partial charge in [-0.2, -0.15) is 0 Å². The number of para-hydroxylation sites is 2. The number of aryl methyl sites for hydroxylation is 1. The van der Waals surface area contributed by atoms with Crippen molar-refractivity contribution in [3.8, 4) is 0 Å². The summed E-state index contributed by atoms with van der Waals surface area (Å²) >= 11 is 1.72. The minimum Gasteiger partial charge on any atom is -0.353 e. The molecule has 2 aromatic rings. The van der Waals surface area contributed by atoms with Crippen molar-refractivity contribution in [1.82, 2.24) is 9.80 Å². The summed E-state index contributed by atoms with van der Waals surface area (Å²) in [7, 11) is 0. The second-order valence-electron chi connectivity index (χ2n) is 5.65. The van der Waals surface area contributed by atoms with Crippen LogP contribution in [0.4, 0.5) is 16.4 Å². The van der Waals surface area contributed by atoms with Gasteiger partial charge >= 0.3 is 0 Å². The van der Waals surface area contributed by atoms with Gasteiger partial charge in [-0.25, -0.2) is 4.99 Å². The third-order valence-electron chi connectivity index (χ3n) is 4.05. The molecule has 2 aliphatic heterocycles. The van der Waals surface area contributed by atoms with Crippen molar-refractivity contribution in [2.45, 2.75) is 6.92 Å². The second-order valence-corrected chi connectivity index (χ2v) is 6.91. The zero-order valence-electron chi connectivity index (χ0n) is 15.5. The van der Waals surface area contributed by atoms with E-state index in [-0.39, 0.29) is 0 Å². The van der Waals surface area contributed by atoms with Crippen LogP contribution in [0.2, 0.25) is 0 Å². The summed E-state index contributed by atoms with van der Waals surface area (Å²) in [6.07, 6.45) is 0. The number of hydrogen-bond acceptors (Lipinski definition) is 5. The highest BCUT2D eigenvalue weighted by atomic mass is 32.1. The van der Waals surface area contributed by atoms with Crippen LogP contribution in [0.5, 0.6) is 0 Å². The maximum Gasteiger partial charge on any atom is 0.139 e. The number of piperazine rings is 1. The van der Waals surface area contributed by atoms with Crippen molar-refractivity contribution < 1.29 is 4.11 Å². The van der Waals surface area contributed by atoms with Crippen LogP contribution in [0.25, 0.3) is 0 Å². The third kappa shape index (κ3) is 2.40. The average Bonchev–Trinajstić information content (AvgIpc) is 2.86. The van der Waals surface area contributed by atoms with Gasteiger partial charge in [0.25, 0.3) is 0 Å². The normalized spacial score (nSPS) is 20.7. The van der Waals surface area contributed by atoms with Gasteiger partial charge in [-0.15, -0.1) is 11.3 Å². The van der Waals surface area contributed by atoms with Crippen molar-refractivity contribution in [3.05, 3.63) is 40.8 Å². The average molecular weight is 316 g/mol. The minimum atomic E-state index is -2.02. The van der Waals surface area contributed by atoms with Crippen molar-refractivity contribution in [2.75, 3.05) is 38.5 Å². The molecule has 0 aliphatic carbocycles. The molecule has 1 fully saturated rings. The standard InChI is InChI=1S/C17H20N4S/c1-12-11-13-16(21-9-7-20(2)8-10-21)18-14-5-3-4-6-15(14)19-17(13)22-12/h3-6,11,19H,7-10H2,1-2H3/i2+1D3. The van der Waals surface area contributed by atoms with E-state index in [0.29, 0.717) is 26.2 Å². The van der Waals surface area contributed by atoms with Crippen LogP contribution >= 0.6 is 11.3 Å². The van der Waals surface area contributed by atoms with Gasteiger partial charge in [0.2, 0.25) is 0 Å². The molecule has 0 atom stereocenters. The van der Waals surface area contributed by atoms with Gasteiger partial charge in [0.1, 0.15) is 10.8 Å². The molecule has 1 saturated heterocycles. The molecule has 3 heterocycles. The van der Waals surface area contributed by atoms with Crippen molar-refractivity contribution in [2.24, 2.45) is 4.99 Å². The molecule has 1 aromatic heterocycles. The van der Waals surface area contributed by atoms with E-state index < -0.39 is 6.98 Å². The number of benzene rings is 1. The minimum absolute atomic E-state index is 0.517. The molecule has 4 rings (SSSR count). The highest BCUT2D eigenvalue weighted by molar-refractivity contribution is 7.16. The molecule has 5 heteroatoms. The van der Waals surface area contributed by atoms with Crippen LogP contribution < -0.4 is 5.32 Å². The van der Waals surface area contributed by atoms with Crippen molar-refractivity contribution in [1.29, 1.82) is 0 Å². The molecule has 2 aliphatic rings. The lowest BCUT2D eigenvalue weighted by molar-refractivity contribution is 0.216. The van der Waals surface area contributed by atoms with E-state index in [1.54, 1.807) is 16.2 Å². The smallest absolute Gasteiger partial charge is 0.139 e. The zero-order chi connectivity index (χ0) is 17.6. The number of thiophene rings is 1. The molecule has 0 spiro atoms. The summed E-state index contributed by atoms with van der Waals surface area (Å²) in [4.78, 5) is 9.93. The predicted octanol–water partition coefficient (Wildman–Crippen LogP) is 3.44. The van der Waals surface area contributed by atoms with E-state index in [2.05, 4.69) is 23.2 Å². The van der Waals surface area contributed by atoms with Gasteiger partial charge in [0.05, 0.1) is 16.9 Å². The van der Waals surface area contributed by atoms with E-state index in [4.69, 9.17) is 9.10 Å². The first-order valence-corrected chi connectivity index (χ1v) is 8.29. The molecule has 22 heavy (non-hydrogen) atoms. The fourth-order valence-corrected chi connectivity index (χ4v) is 3.83. The topological polar surface area (TPSA) is 30.9 Å². The fourth-order valence-electron chi connectivity index (χ4n) is 2.91. The maximum atomic E-state index is 7.59. The van der Waals surface area contributed by atoms with Crippen LogP contribution in [0.3, 0.4) is 0 Å². The SMILES string of the molecule is [2H][13C]([2H])([2H])N1CCN(C2=Nc3ccccc3Nc3sc(C)cc32)CC1. The highest BCUT2D eigenvalue weighted by Gasteiger charge is 2.25. The Hall–Kier alpha value is -1.85. The Balaban J connectivity index is 1.69.